The van der Waals surface area contributed by atoms with Gasteiger partial charge in [0.2, 0.25) is 0 Å². The van der Waals surface area contributed by atoms with E-state index in [9.17, 15) is 19.7 Å². The Morgan fingerprint density at radius 2 is 1.88 bits per heavy atom. The summed E-state index contributed by atoms with van der Waals surface area (Å²) in [5.41, 5.74) is 1.15. The van der Waals surface area contributed by atoms with Crippen LogP contribution in [0.15, 0.2) is 54.6 Å². The van der Waals surface area contributed by atoms with Crippen LogP contribution in [0.1, 0.15) is 24.8 Å². The van der Waals surface area contributed by atoms with Gasteiger partial charge in [-0.2, -0.15) is 0 Å². The minimum Gasteiger partial charge on any atom is -0.456 e. The number of benzene rings is 2. The number of carbonyl (C=O) groups excluding carboxylic acids is 2. The quantitative estimate of drug-likeness (QED) is 0.473. The molecule has 0 unspecified atom stereocenters. The van der Waals surface area contributed by atoms with E-state index in [0.29, 0.717) is 0 Å². The molecule has 130 valence electrons. The molecule has 0 radical (unpaired) electrons. The summed E-state index contributed by atoms with van der Waals surface area (Å²) in [6.07, 6.45) is 0.161. The van der Waals surface area contributed by atoms with Gasteiger partial charge in [0, 0.05) is 17.8 Å². The molecule has 0 heterocycles. The van der Waals surface area contributed by atoms with Gasteiger partial charge < -0.3 is 10.1 Å². The molecule has 0 aliphatic rings. The minimum absolute atomic E-state index is 0.0199. The molecule has 25 heavy (non-hydrogen) atoms. The molecule has 7 heteroatoms. The number of anilines is 1. The number of esters is 1. The molecule has 0 saturated heterocycles. The van der Waals surface area contributed by atoms with Gasteiger partial charge in [-0.05, 0) is 17.5 Å². The lowest BCUT2D eigenvalue weighted by atomic mass is 9.98. The smallest absolute Gasteiger partial charge is 0.306 e. The molecule has 0 spiro atoms. The van der Waals surface area contributed by atoms with Crippen LogP contribution in [0.4, 0.5) is 11.4 Å². The van der Waals surface area contributed by atoms with E-state index < -0.39 is 23.4 Å². The van der Waals surface area contributed by atoms with Crippen molar-refractivity contribution in [1.29, 1.82) is 0 Å². The molecule has 2 aromatic rings. The third-order valence-corrected chi connectivity index (χ3v) is 3.55. The van der Waals surface area contributed by atoms with Crippen molar-refractivity contribution in [3.8, 4) is 0 Å². The minimum atomic E-state index is -0.555. The van der Waals surface area contributed by atoms with Crippen molar-refractivity contribution in [2.24, 2.45) is 0 Å². The number of nitrogens with one attached hydrogen (secondary N) is 1. The predicted molar refractivity (Wildman–Crippen MR) is 92.2 cm³/mol. The summed E-state index contributed by atoms with van der Waals surface area (Å²) in [4.78, 5) is 33.8. The average molecular weight is 342 g/mol. The topological polar surface area (TPSA) is 98.5 Å². The van der Waals surface area contributed by atoms with Crippen molar-refractivity contribution in [2.75, 3.05) is 11.9 Å². The Morgan fingerprint density at radius 1 is 1.16 bits per heavy atom. The zero-order valence-electron chi connectivity index (χ0n) is 13.7. The van der Waals surface area contributed by atoms with Crippen molar-refractivity contribution in [1.82, 2.24) is 0 Å². The summed E-state index contributed by atoms with van der Waals surface area (Å²) < 4.78 is 4.96. The molecular weight excluding hydrogens is 324 g/mol. The van der Waals surface area contributed by atoms with Crippen LogP contribution in [-0.4, -0.2) is 23.4 Å². The highest BCUT2D eigenvalue weighted by molar-refractivity contribution is 5.93. The number of hydrogen-bond acceptors (Lipinski definition) is 5. The molecule has 0 aromatic heterocycles. The van der Waals surface area contributed by atoms with E-state index in [-0.39, 0.29) is 23.7 Å². The average Bonchev–Trinajstić information content (AvgIpc) is 2.61. The second kappa shape index (κ2) is 8.58. The summed E-state index contributed by atoms with van der Waals surface area (Å²) in [6.45, 7) is 1.46. The van der Waals surface area contributed by atoms with E-state index in [1.54, 1.807) is 0 Å². The van der Waals surface area contributed by atoms with Gasteiger partial charge in [0.25, 0.3) is 11.6 Å². The van der Waals surface area contributed by atoms with E-state index in [1.807, 2.05) is 37.3 Å². The van der Waals surface area contributed by atoms with Crippen molar-refractivity contribution < 1.29 is 19.2 Å². The molecular formula is C18H18N2O5. The standard InChI is InChI=1S/C18H18N2O5/c1-13(14-6-3-2-4-7-14)10-18(22)25-12-17(21)19-15-8-5-9-16(11-15)20(23)24/h2-9,11,13H,10,12H2,1H3,(H,19,21)/t13-/m1/s1. The van der Waals surface area contributed by atoms with Crippen molar-refractivity contribution in [3.05, 3.63) is 70.3 Å². The molecule has 2 rings (SSSR count). The van der Waals surface area contributed by atoms with E-state index in [0.717, 1.165) is 5.56 Å². The van der Waals surface area contributed by atoms with E-state index in [1.165, 1.54) is 24.3 Å². The molecule has 0 bridgehead atoms. The normalized spacial score (nSPS) is 11.4. The van der Waals surface area contributed by atoms with Crippen LogP contribution in [0.2, 0.25) is 0 Å². The monoisotopic (exact) mass is 342 g/mol. The fourth-order valence-electron chi connectivity index (χ4n) is 2.25. The second-order valence-corrected chi connectivity index (χ2v) is 5.53. The maximum atomic E-state index is 11.8. The Balaban J connectivity index is 1.80. The maximum Gasteiger partial charge on any atom is 0.306 e. The number of nitro groups is 1. The van der Waals surface area contributed by atoms with Gasteiger partial charge in [0.1, 0.15) is 0 Å². The third-order valence-electron chi connectivity index (χ3n) is 3.55. The number of amides is 1. The number of ether oxygens (including phenoxy) is 1. The van der Waals surface area contributed by atoms with E-state index >= 15 is 0 Å². The summed E-state index contributed by atoms with van der Waals surface area (Å²) in [5.74, 6) is -1.06. The zero-order valence-corrected chi connectivity index (χ0v) is 13.7. The Morgan fingerprint density at radius 3 is 2.56 bits per heavy atom. The lowest BCUT2D eigenvalue weighted by Crippen LogP contribution is -2.21. The van der Waals surface area contributed by atoms with E-state index in [2.05, 4.69) is 5.32 Å². The molecule has 0 aliphatic heterocycles. The van der Waals surface area contributed by atoms with Crippen LogP contribution in [0.5, 0.6) is 0 Å². The summed E-state index contributed by atoms with van der Waals surface area (Å²) in [7, 11) is 0. The Bertz CT molecular complexity index is 761. The van der Waals surface area contributed by atoms with Crippen LogP contribution in [0.3, 0.4) is 0 Å². The molecule has 1 N–H and O–H groups in total. The maximum absolute atomic E-state index is 11.8. The number of hydrogen-bond donors (Lipinski definition) is 1. The zero-order chi connectivity index (χ0) is 18.2. The van der Waals surface area contributed by atoms with Gasteiger partial charge >= 0.3 is 5.97 Å². The molecule has 2 aromatic carbocycles. The van der Waals surface area contributed by atoms with Crippen molar-refractivity contribution in [2.45, 2.75) is 19.3 Å². The lowest BCUT2D eigenvalue weighted by Gasteiger charge is -2.11. The highest BCUT2D eigenvalue weighted by atomic mass is 16.6. The number of nitrogens with zero attached hydrogens (tertiary/aromatic N) is 1. The number of rotatable bonds is 7. The molecule has 0 aliphatic carbocycles. The number of nitro benzene ring substituents is 1. The predicted octanol–water partition coefficient (Wildman–Crippen LogP) is 3.27. The summed E-state index contributed by atoms with van der Waals surface area (Å²) in [5, 5.41) is 13.2. The molecule has 0 fully saturated rings. The van der Waals surface area contributed by atoms with Gasteiger partial charge in [-0.15, -0.1) is 0 Å². The second-order valence-electron chi connectivity index (χ2n) is 5.53. The molecule has 1 amide bonds. The van der Waals surface area contributed by atoms with Gasteiger partial charge in [0.05, 0.1) is 11.3 Å². The summed E-state index contributed by atoms with van der Waals surface area (Å²) >= 11 is 0. The van der Waals surface area contributed by atoms with Gasteiger partial charge in [-0.3, -0.25) is 19.7 Å². The Hall–Kier alpha value is -3.22. The van der Waals surface area contributed by atoms with Gasteiger partial charge in [-0.1, -0.05) is 43.3 Å². The Labute approximate surface area is 144 Å². The number of carbonyl (C=O) groups is 2. The van der Waals surface area contributed by atoms with Crippen LogP contribution in [0.25, 0.3) is 0 Å². The van der Waals surface area contributed by atoms with Crippen LogP contribution in [-0.2, 0) is 14.3 Å². The highest BCUT2D eigenvalue weighted by Gasteiger charge is 2.14. The fourth-order valence-corrected chi connectivity index (χ4v) is 2.25. The SMILES string of the molecule is C[C@H](CC(=O)OCC(=O)Nc1cccc([N+](=O)[O-])c1)c1ccccc1. The van der Waals surface area contributed by atoms with Crippen molar-refractivity contribution >= 4 is 23.3 Å². The van der Waals surface area contributed by atoms with Crippen LogP contribution in [0, 0.1) is 10.1 Å². The Kier molecular flexibility index (Phi) is 6.22. The van der Waals surface area contributed by atoms with E-state index in [4.69, 9.17) is 4.74 Å². The third kappa shape index (κ3) is 5.72. The first-order valence-electron chi connectivity index (χ1n) is 7.70. The van der Waals surface area contributed by atoms with Crippen LogP contribution >= 0.6 is 0 Å². The first kappa shape index (κ1) is 18.1. The molecule has 1 atom stereocenters. The van der Waals surface area contributed by atoms with Gasteiger partial charge in [-0.25, -0.2) is 0 Å². The van der Waals surface area contributed by atoms with Crippen molar-refractivity contribution in [3.63, 3.8) is 0 Å². The molecule has 0 saturated carbocycles. The first-order valence-corrected chi connectivity index (χ1v) is 7.70. The van der Waals surface area contributed by atoms with Gasteiger partial charge in [0.15, 0.2) is 6.61 Å². The van der Waals surface area contributed by atoms with Crippen LogP contribution < -0.4 is 5.32 Å². The lowest BCUT2D eigenvalue weighted by molar-refractivity contribution is -0.384. The highest BCUT2D eigenvalue weighted by Crippen LogP contribution is 2.19. The molecule has 7 nitrogen and oxygen atoms in total. The largest absolute Gasteiger partial charge is 0.456 e. The first-order chi connectivity index (χ1) is 12.0. The number of non-ortho nitro benzene ring substituents is 1. The summed E-state index contributed by atoms with van der Waals surface area (Å²) in [6, 6.07) is 15.1. The fraction of sp³-hybridized carbons (Fsp3) is 0.222.